The van der Waals surface area contributed by atoms with Crippen LogP contribution < -0.4 is 0 Å². The highest BCUT2D eigenvalue weighted by molar-refractivity contribution is 7.12. The number of nitrogens with zero attached hydrogens (tertiary/aromatic N) is 1. The smallest absolute Gasteiger partial charge is 0.153 e. The molecule has 0 spiro atoms. The van der Waals surface area contributed by atoms with Gasteiger partial charge in [0.1, 0.15) is 0 Å². The molecule has 1 aromatic heterocycles. The Bertz CT molecular complexity index is 418. The molecule has 1 aromatic carbocycles. The summed E-state index contributed by atoms with van der Waals surface area (Å²) in [7, 11) is 0. The van der Waals surface area contributed by atoms with Crippen molar-refractivity contribution in [2.24, 2.45) is 0 Å². The summed E-state index contributed by atoms with van der Waals surface area (Å²) in [5.41, 5.74) is 6.50. The molecule has 0 aliphatic carbocycles. The van der Waals surface area contributed by atoms with Crippen LogP contribution in [0.2, 0.25) is 0 Å². The van der Waals surface area contributed by atoms with Crippen molar-refractivity contribution in [1.29, 1.82) is 0 Å². The highest BCUT2D eigenvalue weighted by Crippen LogP contribution is 2.26. The van der Waals surface area contributed by atoms with E-state index in [2.05, 4.69) is 41.7 Å². The molecule has 1 nitrogen and oxygen atoms in total. The molecule has 0 aliphatic heterocycles. The van der Waals surface area contributed by atoms with E-state index in [0.29, 0.717) is 0 Å². The molecule has 0 saturated heterocycles. The second kappa shape index (κ2) is 3.30. The zero-order chi connectivity index (χ0) is 9.26. The van der Waals surface area contributed by atoms with Crippen LogP contribution in [0.3, 0.4) is 0 Å². The van der Waals surface area contributed by atoms with Gasteiger partial charge >= 0.3 is 0 Å². The lowest BCUT2D eigenvalue weighted by Crippen LogP contribution is -1.78. The number of hydrogen-bond donors (Lipinski definition) is 0. The van der Waals surface area contributed by atoms with Gasteiger partial charge in [0.15, 0.2) is 5.51 Å². The minimum absolute atomic E-state index is 1.07. The molecule has 0 atom stereocenters. The fourth-order valence-corrected chi connectivity index (χ4v) is 2.03. The monoisotopic (exact) mass is 188 g/mol. The van der Waals surface area contributed by atoms with E-state index in [9.17, 15) is 0 Å². The van der Waals surface area contributed by atoms with Crippen LogP contribution in [0.5, 0.6) is 0 Å². The molecule has 0 aliphatic rings. The Balaban J connectivity index is 2.53. The molecule has 13 heavy (non-hydrogen) atoms. The highest BCUT2D eigenvalue weighted by atomic mass is 32.1. The van der Waals surface area contributed by atoms with Crippen LogP contribution in [0.15, 0.2) is 24.3 Å². The van der Waals surface area contributed by atoms with Crippen LogP contribution in [0.1, 0.15) is 11.3 Å². The van der Waals surface area contributed by atoms with E-state index < -0.39 is 0 Å². The zero-order valence-electron chi connectivity index (χ0n) is 7.66. The molecule has 0 amide bonds. The van der Waals surface area contributed by atoms with Gasteiger partial charge in [-0.3, -0.25) is 0 Å². The van der Waals surface area contributed by atoms with Crippen molar-refractivity contribution in [3.8, 4) is 10.4 Å². The molecule has 2 aromatic rings. The molecule has 1 heterocycles. The summed E-state index contributed by atoms with van der Waals surface area (Å²) in [6.07, 6.45) is 0. The Hall–Kier alpha value is -1.15. The number of hydrogen-bond acceptors (Lipinski definition) is 2. The Morgan fingerprint density at radius 2 is 2.15 bits per heavy atom. The molecular formula is C11H10NS. The largest absolute Gasteiger partial charge is 0.238 e. The summed E-state index contributed by atoms with van der Waals surface area (Å²) in [4.78, 5) is 5.34. The van der Waals surface area contributed by atoms with Crippen LogP contribution in [0.4, 0.5) is 0 Å². The minimum Gasteiger partial charge on any atom is -0.238 e. The van der Waals surface area contributed by atoms with Gasteiger partial charge in [-0.2, -0.15) is 0 Å². The average Bonchev–Trinajstić information content (AvgIpc) is 2.51. The molecule has 0 N–H and O–H groups in total. The third-order valence-electron chi connectivity index (χ3n) is 1.97. The SMILES string of the molecule is Cc1cccc(-c2s[c]nc2C)c1. The van der Waals surface area contributed by atoms with Gasteiger partial charge < -0.3 is 0 Å². The average molecular weight is 188 g/mol. The molecule has 1 radical (unpaired) electrons. The quantitative estimate of drug-likeness (QED) is 0.669. The van der Waals surface area contributed by atoms with Gasteiger partial charge in [-0.25, -0.2) is 4.98 Å². The van der Waals surface area contributed by atoms with Gasteiger partial charge in [-0.05, 0) is 19.4 Å². The molecule has 65 valence electrons. The van der Waals surface area contributed by atoms with Gasteiger partial charge in [0.05, 0.1) is 10.6 Å². The first-order valence-corrected chi connectivity index (χ1v) is 4.99. The molecule has 0 unspecified atom stereocenters. The van der Waals surface area contributed by atoms with Gasteiger partial charge in [-0.1, -0.05) is 29.8 Å². The third-order valence-corrected chi connectivity index (χ3v) is 2.89. The highest BCUT2D eigenvalue weighted by Gasteiger charge is 2.03. The van der Waals surface area contributed by atoms with E-state index >= 15 is 0 Å². The second-order valence-corrected chi connectivity index (χ2v) is 3.88. The summed E-state index contributed by atoms with van der Waals surface area (Å²) in [5.74, 6) is 0. The van der Waals surface area contributed by atoms with Crippen LogP contribution in [-0.2, 0) is 0 Å². The predicted octanol–water partition coefficient (Wildman–Crippen LogP) is 3.23. The summed E-state index contributed by atoms with van der Waals surface area (Å²) in [5, 5.41) is 0. The maximum Gasteiger partial charge on any atom is 0.153 e. The lowest BCUT2D eigenvalue weighted by Gasteiger charge is -1.99. The van der Waals surface area contributed by atoms with Gasteiger partial charge in [0.2, 0.25) is 0 Å². The van der Waals surface area contributed by atoms with Crippen LogP contribution >= 0.6 is 11.3 Å². The first kappa shape index (κ1) is 8.45. The maximum absolute atomic E-state index is 4.12. The number of aromatic nitrogens is 1. The van der Waals surface area contributed by atoms with E-state index in [0.717, 1.165) is 5.69 Å². The predicted molar refractivity (Wildman–Crippen MR) is 55.9 cm³/mol. The summed E-state index contributed by atoms with van der Waals surface area (Å²) >= 11 is 1.58. The third kappa shape index (κ3) is 1.63. The van der Waals surface area contributed by atoms with Gasteiger partial charge in [0.25, 0.3) is 0 Å². The first-order valence-electron chi connectivity index (χ1n) is 4.18. The number of aryl methyl sites for hydroxylation is 2. The van der Waals surface area contributed by atoms with Crippen molar-refractivity contribution in [2.45, 2.75) is 13.8 Å². The van der Waals surface area contributed by atoms with Crippen LogP contribution in [-0.4, -0.2) is 4.98 Å². The number of thiazole rings is 1. The van der Waals surface area contributed by atoms with Crippen molar-refractivity contribution < 1.29 is 0 Å². The van der Waals surface area contributed by atoms with E-state index in [4.69, 9.17) is 0 Å². The fourth-order valence-electron chi connectivity index (χ4n) is 1.32. The van der Waals surface area contributed by atoms with Crippen molar-refractivity contribution >= 4 is 11.3 Å². The number of benzene rings is 1. The van der Waals surface area contributed by atoms with Crippen molar-refractivity contribution in [3.63, 3.8) is 0 Å². The fraction of sp³-hybridized carbons (Fsp3) is 0.182. The van der Waals surface area contributed by atoms with Gasteiger partial charge in [0, 0.05) is 0 Å². The molecule has 0 bridgehead atoms. The Kier molecular flexibility index (Phi) is 2.15. The molecule has 2 heteroatoms. The standard InChI is InChI=1S/C11H10NS/c1-8-4-3-5-10(6-8)11-9(2)12-7-13-11/h3-6H,1-2H3. The van der Waals surface area contributed by atoms with Crippen molar-refractivity contribution in [2.75, 3.05) is 0 Å². The first-order chi connectivity index (χ1) is 6.27. The normalized spacial score (nSPS) is 10.3. The second-order valence-electron chi connectivity index (χ2n) is 3.09. The lowest BCUT2D eigenvalue weighted by molar-refractivity contribution is 1.26. The lowest BCUT2D eigenvalue weighted by atomic mass is 10.1. The van der Waals surface area contributed by atoms with Crippen molar-refractivity contribution in [1.82, 2.24) is 4.98 Å². The minimum atomic E-state index is 1.07. The van der Waals surface area contributed by atoms with E-state index in [1.54, 1.807) is 11.3 Å². The Labute approximate surface area is 82.1 Å². The van der Waals surface area contributed by atoms with Crippen molar-refractivity contribution in [3.05, 3.63) is 41.0 Å². The van der Waals surface area contributed by atoms with Crippen LogP contribution in [0, 0.1) is 19.4 Å². The summed E-state index contributed by atoms with van der Waals surface area (Å²) in [6.45, 7) is 4.12. The number of rotatable bonds is 1. The summed E-state index contributed by atoms with van der Waals surface area (Å²) < 4.78 is 0. The van der Waals surface area contributed by atoms with Gasteiger partial charge in [-0.15, -0.1) is 11.3 Å². The molecule has 2 rings (SSSR count). The summed E-state index contributed by atoms with van der Waals surface area (Å²) in [6, 6.07) is 8.46. The Morgan fingerprint density at radius 1 is 1.31 bits per heavy atom. The maximum atomic E-state index is 4.12. The molecular weight excluding hydrogens is 178 g/mol. The van der Waals surface area contributed by atoms with E-state index in [1.165, 1.54) is 16.0 Å². The Morgan fingerprint density at radius 3 is 2.77 bits per heavy atom. The molecule has 0 saturated carbocycles. The molecule has 0 fully saturated rings. The zero-order valence-corrected chi connectivity index (χ0v) is 8.48. The topological polar surface area (TPSA) is 12.9 Å². The van der Waals surface area contributed by atoms with Crippen LogP contribution in [0.25, 0.3) is 10.4 Å². The van der Waals surface area contributed by atoms with E-state index in [-0.39, 0.29) is 0 Å². The van der Waals surface area contributed by atoms with E-state index in [1.807, 2.05) is 6.92 Å².